The van der Waals surface area contributed by atoms with E-state index in [1.165, 1.54) is 25.3 Å². The summed E-state index contributed by atoms with van der Waals surface area (Å²) in [7, 11) is 1.33. The predicted molar refractivity (Wildman–Crippen MR) is 56.7 cm³/mol. The summed E-state index contributed by atoms with van der Waals surface area (Å²) in [6.45, 7) is -2.92. The Labute approximate surface area is 96.4 Å². The van der Waals surface area contributed by atoms with Gasteiger partial charge in [0, 0.05) is 6.42 Å². The van der Waals surface area contributed by atoms with Crippen LogP contribution in [0.3, 0.4) is 0 Å². The van der Waals surface area contributed by atoms with Crippen LogP contribution in [-0.2, 0) is 6.42 Å². The highest BCUT2D eigenvalue weighted by molar-refractivity contribution is 5.82. The summed E-state index contributed by atoms with van der Waals surface area (Å²) in [4.78, 5) is 0. The zero-order chi connectivity index (χ0) is 12.8. The van der Waals surface area contributed by atoms with E-state index >= 15 is 0 Å². The van der Waals surface area contributed by atoms with Crippen molar-refractivity contribution in [3.05, 3.63) is 23.8 Å². The van der Waals surface area contributed by atoms with Crippen LogP contribution in [0.5, 0.6) is 11.5 Å². The topological polar surface area (TPSA) is 77.1 Å². The summed E-state index contributed by atoms with van der Waals surface area (Å²) in [5.74, 6) is 0.105. The van der Waals surface area contributed by atoms with Gasteiger partial charge >= 0.3 is 6.61 Å². The molecule has 0 saturated heterocycles. The molecule has 3 N–H and O–H groups in total. The van der Waals surface area contributed by atoms with Crippen molar-refractivity contribution >= 4 is 5.84 Å². The van der Waals surface area contributed by atoms with E-state index in [1.807, 2.05) is 0 Å². The molecular formula is C10H12F2N2O3. The van der Waals surface area contributed by atoms with Crippen molar-refractivity contribution in [2.45, 2.75) is 13.0 Å². The molecule has 0 spiro atoms. The number of nitrogens with two attached hydrogens (primary N) is 1. The van der Waals surface area contributed by atoms with E-state index in [-0.39, 0.29) is 23.8 Å². The van der Waals surface area contributed by atoms with E-state index in [2.05, 4.69) is 9.89 Å². The molecule has 0 amide bonds. The highest BCUT2D eigenvalue weighted by Gasteiger charge is 2.11. The maximum atomic E-state index is 12.1. The quantitative estimate of drug-likeness (QED) is 0.358. The zero-order valence-electron chi connectivity index (χ0n) is 9.06. The maximum absolute atomic E-state index is 12.1. The number of amidine groups is 1. The smallest absolute Gasteiger partial charge is 0.387 e. The van der Waals surface area contributed by atoms with Crippen LogP contribution in [0.25, 0.3) is 0 Å². The van der Waals surface area contributed by atoms with Crippen LogP contribution in [0.4, 0.5) is 8.78 Å². The van der Waals surface area contributed by atoms with Gasteiger partial charge in [-0.15, -0.1) is 0 Å². The molecule has 0 unspecified atom stereocenters. The third-order valence-electron chi connectivity index (χ3n) is 1.96. The first-order valence-corrected chi connectivity index (χ1v) is 4.65. The van der Waals surface area contributed by atoms with Crippen LogP contribution < -0.4 is 15.2 Å². The normalized spacial score (nSPS) is 11.6. The standard InChI is InChI=1S/C10H12F2N2O3/c1-16-8-4-6(5-9(13)14-15)2-3-7(8)17-10(11)12/h2-4,10,15H,5H2,1H3,(H2,13,14). The highest BCUT2D eigenvalue weighted by Crippen LogP contribution is 2.29. The molecular weight excluding hydrogens is 234 g/mol. The predicted octanol–water partition coefficient (Wildman–Crippen LogP) is 1.59. The molecule has 0 saturated carbocycles. The van der Waals surface area contributed by atoms with Gasteiger partial charge in [0.05, 0.1) is 7.11 Å². The Kier molecular flexibility index (Phi) is 4.50. The minimum absolute atomic E-state index is 0.00887. The van der Waals surface area contributed by atoms with Crippen LogP contribution in [0, 0.1) is 0 Å². The van der Waals surface area contributed by atoms with Gasteiger partial charge in [-0.05, 0) is 17.7 Å². The van der Waals surface area contributed by atoms with Gasteiger partial charge in [-0.3, -0.25) is 0 Å². The molecule has 0 bridgehead atoms. The second-order valence-electron chi connectivity index (χ2n) is 3.13. The molecule has 0 aliphatic rings. The molecule has 0 aliphatic carbocycles. The Morgan fingerprint density at radius 1 is 1.47 bits per heavy atom. The van der Waals surface area contributed by atoms with E-state index in [0.29, 0.717) is 5.56 Å². The fraction of sp³-hybridized carbons (Fsp3) is 0.300. The molecule has 1 aromatic rings. The van der Waals surface area contributed by atoms with E-state index in [4.69, 9.17) is 15.7 Å². The number of benzene rings is 1. The third kappa shape index (κ3) is 3.78. The fourth-order valence-corrected chi connectivity index (χ4v) is 1.26. The number of hydrogen-bond acceptors (Lipinski definition) is 4. The zero-order valence-corrected chi connectivity index (χ0v) is 9.06. The van der Waals surface area contributed by atoms with Crippen molar-refractivity contribution in [3.63, 3.8) is 0 Å². The molecule has 0 fully saturated rings. The molecule has 1 rings (SSSR count). The summed E-state index contributed by atoms with van der Waals surface area (Å²) in [6.07, 6.45) is 0.182. The second-order valence-corrected chi connectivity index (χ2v) is 3.13. The van der Waals surface area contributed by atoms with Gasteiger partial charge in [0.15, 0.2) is 11.5 Å². The first kappa shape index (κ1) is 13.0. The van der Waals surface area contributed by atoms with Crippen LogP contribution >= 0.6 is 0 Å². The van der Waals surface area contributed by atoms with Crippen LogP contribution in [0.1, 0.15) is 5.56 Å². The number of ether oxygens (including phenoxy) is 2. The lowest BCUT2D eigenvalue weighted by Crippen LogP contribution is -2.14. The molecule has 17 heavy (non-hydrogen) atoms. The molecule has 94 valence electrons. The van der Waals surface area contributed by atoms with Crippen molar-refractivity contribution in [1.29, 1.82) is 0 Å². The molecule has 0 radical (unpaired) electrons. The van der Waals surface area contributed by atoms with Gasteiger partial charge in [0.25, 0.3) is 0 Å². The first-order valence-electron chi connectivity index (χ1n) is 4.65. The van der Waals surface area contributed by atoms with Crippen molar-refractivity contribution in [2.24, 2.45) is 10.9 Å². The van der Waals surface area contributed by atoms with Crippen LogP contribution in [0.15, 0.2) is 23.4 Å². The number of nitrogens with zero attached hydrogens (tertiary/aromatic N) is 1. The third-order valence-corrected chi connectivity index (χ3v) is 1.96. The molecule has 1 aromatic carbocycles. The molecule has 0 heterocycles. The fourth-order valence-electron chi connectivity index (χ4n) is 1.26. The Bertz CT molecular complexity index is 411. The van der Waals surface area contributed by atoms with Crippen molar-refractivity contribution in [1.82, 2.24) is 0 Å². The van der Waals surface area contributed by atoms with E-state index in [9.17, 15) is 8.78 Å². The van der Waals surface area contributed by atoms with Gasteiger partial charge in [-0.2, -0.15) is 8.78 Å². The van der Waals surface area contributed by atoms with Gasteiger partial charge in [0.1, 0.15) is 5.84 Å². The largest absolute Gasteiger partial charge is 0.493 e. The minimum atomic E-state index is -2.92. The average molecular weight is 246 g/mol. The molecule has 0 atom stereocenters. The summed E-state index contributed by atoms with van der Waals surface area (Å²) in [5, 5.41) is 11.2. The summed E-state index contributed by atoms with van der Waals surface area (Å²) in [5.41, 5.74) is 5.97. The lowest BCUT2D eigenvalue weighted by Gasteiger charge is -2.11. The van der Waals surface area contributed by atoms with Gasteiger partial charge in [-0.1, -0.05) is 11.2 Å². The van der Waals surface area contributed by atoms with E-state index in [0.717, 1.165) is 0 Å². The number of methoxy groups -OCH3 is 1. The highest BCUT2D eigenvalue weighted by atomic mass is 19.3. The minimum Gasteiger partial charge on any atom is -0.493 e. The van der Waals surface area contributed by atoms with E-state index in [1.54, 1.807) is 0 Å². The average Bonchev–Trinajstić information content (AvgIpc) is 2.30. The Balaban J connectivity index is 2.92. The maximum Gasteiger partial charge on any atom is 0.387 e. The molecule has 5 nitrogen and oxygen atoms in total. The number of halogens is 2. The van der Waals surface area contributed by atoms with Crippen molar-refractivity contribution in [3.8, 4) is 11.5 Å². The lowest BCUT2D eigenvalue weighted by atomic mass is 10.1. The van der Waals surface area contributed by atoms with E-state index < -0.39 is 6.61 Å². The van der Waals surface area contributed by atoms with Crippen LogP contribution in [-0.4, -0.2) is 24.8 Å². The molecule has 7 heteroatoms. The Morgan fingerprint density at radius 3 is 2.71 bits per heavy atom. The number of alkyl halides is 2. The SMILES string of the molecule is COc1cc(C/C(N)=N/O)ccc1OC(F)F. The molecule has 0 aliphatic heterocycles. The monoisotopic (exact) mass is 246 g/mol. The van der Waals surface area contributed by atoms with Gasteiger partial charge in [0.2, 0.25) is 0 Å². The van der Waals surface area contributed by atoms with Crippen molar-refractivity contribution < 1.29 is 23.5 Å². The summed E-state index contributed by atoms with van der Waals surface area (Å²) >= 11 is 0. The number of hydrogen-bond donors (Lipinski definition) is 2. The summed E-state index contributed by atoms with van der Waals surface area (Å²) in [6, 6.07) is 4.35. The Morgan fingerprint density at radius 2 is 2.18 bits per heavy atom. The summed E-state index contributed by atoms with van der Waals surface area (Å²) < 4.78 is 33.3. The van der Waals surface area contributed by atoms with Gasteiger partial charge < -0.3 is 20.4 Å². The number of oxime groups is 1. The molecule has 0 aromatic heterocycles. The Hall–Kier alpha value is -2.05. The number of rotatable bonds is 5. The van der Waals surface area contributed by atoms with Crippen LogP contribution in [0.2, 0.25) is 0 Å². The lowest BCUT2D eigenvalue weighted by molar-refractivity contribution is -0.0512. The second kappa shape index (κ2) is 5.88. The first-order chi connectivity index (χ1) is 8.06. The van der Waals surface area contributed by atoms with Gasteiger partial charge in [-0.25, -0.2) is 0 Å². The van der Waals surface area contributed by atoms with Crippen molar-refractivity contribution in [2.75, 3.05) is 7.11 Å².